The molecule has 2 saturated heterocycles. The van der Waals surface area contributed by atoms with Gasteiger partial charge in [0.2, 0.25) is 10.0 Å². The first-order valence-electron chi connectivity index (χ1n) is 12.5. The van der Waals surface area contributed by atoms with E-state index in [1.807, 2.05) is 61.8 Å². The summed E-state index contributed by atoms with van der Waals surface area (Å²) in [5.41, 5.74) is 4.64. The van der Waals surface area contributed by atoms with E-state index in [0.29, 0.717) is 13.1 Å². The highest BCUT2D eigenvalue weighted by Gasteiger charge is 2.54. The first-order valence-corrected chi connectivity index (χ1v) is 14.4. The highest BCUT2D eigenvalue weighted by Crippen LogP contribution is 2.42. The number of nitrogens with zero attached hydrogens (tertiary/aromatic N) is 5. The first kappa shape index (κ1) is 23.2. The van der Waals surface area contributed by atoms with Crippen LogP contribution in [0.1, 0.15) is 18.6 Å². The van der Waals surface area contributed by atoms with Crippen LogP contribution in [-0.2, 0) is 10.0 Å². The van der Waals surface area contributed by atoms with E-state index >= 15 is 0 Å². The lowest BCUT2D eigenvalue weighted by molar-refractivity contribution is 0.0395. The summed E-state index contributed by atoms with van der Waals surface area (Å²) in [5, 5.41) is 9.68. The van der Waals surface area contributed by atoms with Gasteiger partial charge in [-0.25, -0.2) is 22.7 Å². The van der Waals surface area contributed by atoms with Crippen LogP contribution in [-0.4, -0.2) is 70.3 Å². The maximum Gasteiger partial charge on any atom is 0.211 e. The van der Waals surface area contributed by atoms with Crippen molar-refractivity contribution in [2.75, 3.05) is 37.3 Å². The van der Waals surface area contributed by atoms with Crippen LogP contribution in [0.5, 0.6) is 5.75 Å². The molecular weight excluding hydrogens is 502 g/mol. The van der Waals surface area contributed by atoms with Crippen LogP contribution < -0.4 is 9.64 Å². The molecule has 2 fully saturated rings. The average molecular weight is 530 g/mol. The van der Waals surface area contributed by atoms with E-state index in [1.54, 1.807) is 10.5 Å². The zero-order chi connectivity index (χ0) is 26.1. The lowest BCUT2D eigenvalue weighted by Crippen LogP contribution is -2.73. The Bertz CT molecular complexity index is 1760. The summed E-state index contributed by atoms with van der Waals surface area (Å²) in [6, 6.07) is 14.0. The largest absolute Gasteiger partial charge is 0.486 e. The molecule has 38 heavy (non-hydrogen) atoms. The van der Waals surface area contributed by atoms with Crippen molar-refractivity contribution < 1.29 is 13.2 Å². The molecule has 0 radical (unpaired) electrons. The van der Waals surface area contributed by atoms with Crippen LogP contribution in [0.3, 0.4) is 0 Å². The van der Waals surface area contributed by atoms with Crippen LogP contribution in [0.4, 0.5) is 5.82 Å². The summed E-state index contributed by atoms with van der Waals surface area (Å²) >= 11 is 0. The molecule has 1 spiro atoms. The summed E-state index contributed by atoms with van der Waals surface area (Å²) in [6.45, 7) is 4.87. The number of pyridine rings is 2. The van der Waals surface area contributed by atoms with E-state index in [2.05, 4.69) is 30.0 Å². The molecule has 0 bridgehead atoms. The molecule has 0 amide bonds. The lowest BCUT2D eigenvalue weighted by atomic mass is 9.74. The van der Waals surface area contributed by atoms with Crippen molar-refractivity contribution in [1.82, 2.24) is 29.5 Å². The van der Waals surface area contributed by atoms with Gasteiger partial charge >= 0.3 is 0 Å². The van der Waals surface area contributed by atoms with E-state index in [1.165, 1.54) is 6.26 Å². The molecule has 4 aromatic heterocycles. The second-order valence-corrected chi connectivity index (χ2v) is 12.5. The smallest absolute Gasteiger partial charge is 0.211 e. The van der Waals surface area contributed by atoms with Crippen LogP contribution in [0.15, 0.2) is 61.1 Å². The topological polar surface area (TPSA) is 120 Å². The van der Waals surface area contributed by atoms with Gasteiger partial charge < -0.3 is 14.6 Å². The number of H-pyrrole nitrogens is 2. The monoisotopic (exact) mass is 529 g/mol. The van der Waals surface area contributed by atoms with Crippen LogP contribution in [0.25, 0.3) is 33.2 Å². The normalized spacial score (nSPS) is 18.0. The fourth-order valence-corrected chi connectivity index (χ4v) is 6.68. The molecule has 5 aromatic rings. The summed E-state index contributed by atoms with van der Waals surface area (Å²) in [6.07, 6.45) is 6.63. The van der Waals surface area contributed by atoms with Gasteiger partial charge in [0.25, 0.3) is 0 Å². The number of ether oxygens (including phenoxy) is 1. The van der Waals surface area contributed by atoms with Gasteiger partial charge in [0.1, 0.15) is 29.0 Å². The Labute approximate surface area is 219 Å². The molecule has 10 nitrogen and oxygen atoms in total. The molecule has 0 saturated carbocycles. The third-order valence-corrected chi connectivity index (χ3v) is 8.87. The van der Waals surface area contributed by atoms with Crippen molar-refractivity contribution in [3.63, 3.8) is 0 Å². The summed E-state index contributed by atoms with van der Waals surface area (Å²) in [7, 11) is -3.10. The standard InChI is InChI=1S/C27H27N7O3S/c1-17(20-7-9-28-26-21(20)8-10-29-26)37-19-4-5-23-22(11-19)25(32-31-23)18-3-6-24(30-12-18)33-13-27(14-33)15-34(16-27)38(2,35)36/h3-12,17H,13-16H2,1-2H3,(H,28,29)(H,31,32). The van der Waals surface area contributed by atoms with Gasteiger partial charge in [0.15, 0.2) is 0 Å². The first-order chi connectivity index (χ1) is 18.3. The van der Waals surface area contributed by atoms with Crippen molar-refractivity contribution in [3.8, 4) is 17.0 Å². The minimum absolute atomic E-state index is 0.0680. The van der Waals surface area contributed by atoms with E-state index in [4.69, 9.17) is 4.74 Å². The molecule has 2 aliphatic rings. The van der Waals surface area contributed by atoms with Gasteiger partial charge in [0, 0.05) is 72.1 Å². The summed E-state index contributed by atoms with van der Waals surface area (Å²) in [5.74, 6) is 1.65. The fourth-order valence-electron chi connectivity index (χ4n) is 5.67. The molecule has 6 heterocycles. The molecule has 1 atom stereocenters. The molecule has 194 valence electrons. The highest BCUT2D eigenvalue weighted by molar-refractivity contribution is 7.88. The Morgan fingerprint density at radius 3 is 2.63 bits per heavy atom. The number of benzene rings is 1. The van der Waals surface area contributed by atoms with Crippen LogP contribution in [0, 0.1) is 5.41 Å². The quantitative estimate of drug-likeness (QED) is 0.344. The second-order valence-electron chi connectivity index (χ2n) is 10.5. The van der Waals surface area contributed by atoms with E-state index < -0.39 is 10.0 Å². The van der Waals surface area contributed by atoms with Crippen molar-refractivity contribution in [2.24, 2.45) is 5.41 Å². The Kier molecular flexibility index (Phi) is 5.04. The zero-order valence-electron chi connectivity index (χ0n) is 21.0. The van der Waals surface area contributed by atoms with E-state index in [0.717, 1.165) is 63.4 Å². The number of anilines is 1. The van der Waals surface area contributed by atoms with Crippen molar-refractivity contribution in [3.05, 3.63) is 66.6 Å². The fraction of sp³-hybridized carbons (Fsp3) is 0.296. The third-order valence-electron chi connectivity index (χ3n) is 7.67. The number of rotatable bonds is 6. The minimum Gasteiger partial charge on any atom is -0.486 e. The molecule has 1 unspecified atom stereocenters. The highest BCUT2D eigenvalue weighted by atomic mass is 32.2. The SMILES string of the molecule is CC(Oc1ccc2[nH]nc(-c3ccc(N4CC5(C4)CN(S(C)(=O)=O)C5)nc3)c2c1)c1ccnc2[nH]ccc12. The average Bonchev–Trinajstić information content (AvgIpc) is 3.48. The molecule has 11 heteroatoms. The number of aromatic nitrogens is 5. The Balaban J connectivity index is 1.08. The van der Waals surface area contributed by atoms with Crippen molar-refractivity contribution in [1.29, 1.82) is 0 Å². The summed E-state index contributed by atoms with van der Waals surface area (Å²) < 4.78 is 31.3. The molecule has 0 aliphatic carbocycles. The molecule has 2 aliphatic heterocycles. The van der Waals surface area contributed by atoms with E-state index in [-0.39, 0.29) is 11.5 Å². The predicted molar refractivity (Wildman–Crippen MR) is 146 cm³/mol. The molecule has 2 N–H and O–H groups in total. The van der Waals surface area contributed by atoms with Gasteiger partial charge in [-0.05, 0) is 49.4 Å². The second kappa shape index (κ2) is 8.27. The summed E-state index contributed by atoms with van der Waals surface area (Å²) in [4.78, 5) is 14.4. The number of aromatic amines is 2. The van der Waals surface area contributed by atoms with Crippen molar-refractivity contribution in [2.45, 2.75) is 13.0 Å². The molecule has 1 aromatic carbocycles. The Morgan fingerprint density at radius 2 is 1.87 bits per heavy atom. The van der Waals surface area contributed by atoms with Crippen LogP contribution >= 0.6 is 0 Å². The van der Waals surface area contributed by atoms with Gasteiger partial charge in [-0.15, -0.1) is 0 Å². The maximum atomic E-state index is 11.7. The number of fused-ring (bicyclic) bond motifs is 2. The minimum atomic E-state index is -3.10. The maximum absolute atomic E-state index is 11.7. The molecular formula is C27H27N7O3S. The van der Waals surface area contributed by atoms with Crippen LogP contribution in [0.2, 0.25) is 0 Å². The van der Waals surface area contributed by atoms with Gasteiger partial charge in [-0.1, -0.05) is 0 Å². The zero-order valence-corrected chi connectivity index (χ0v) is 21.9. The number of hydrogen-bond donors (Lipinski definition) is 2. The number of sulfonamides is 1. The number of hydrogen-bond acceptors (Lipinski definition) is 7. The Morgan fingerprint density at radius 1 is 1.03 bits per heavy atom. The van der Waals surface area contributed by atoms with Gasteiger partial charge in [-0.3, -0.25) is 5.10 Å². The third kappa shape index (κ3) is 3.81. The Hall–Kier alpha value is -3.96. The van der Waals surface area contributed by atoms with E-state index in [9.17, 15) is 8.42 Å². The molecule has 7 rings (SSSR count). The lowest BCUT2D eigenvalue weighted by Gasteiger charge is -2.59. The van der Waals surface area contributed by atoms with Gasteiger partial charge in [-0.2, -0.15) is 5.10 Å². The predicted octanol–water partition coefficient (Wildman–Crippen LogP) is 3.72. The van der Waals surface area contributed by atoms with Crippen molar-refractivity contribution >= 4 is 37.8 Å². The van der Waals surface area contributed by atoms with Gasteiger partial charge in [0.05, 0.1) is 11.8 Å². The number of nitrogens with one attached hydrogen (secondary N) is 2.